The predicted octanol–water partition coefficient (Wildman–Crippen LogP) is 4.15. The number of hydrogen-bond acceptors (Lipinski definition) is 3. The second kappa shape index (κ2) is 5.88. The van der Waals surface area contributed by atoms with Crippen LogP contribution in [0.3, 0.4) is 0 Å². The van der Waals surface area contributed by atoms with Crippen molar-refractivity contribution in [1.29, 1.82) is 0 Å². The Labute approximate surface area is 144 Å². The lowest BCUT2D eigenvalue weighted by atomic mass is 9.96. The summed E-state index contributed by atoms with van der Waals surface area (Å²) in [6.45, 7) is 3.04. The normalized spacial score (nSPS) is 17.0. The van der Waals surface area contributed by atoms with Crippen LogP contribution in [0, 0.1) is 5.82 Å². The molecule has 2 aromatic heterocycles. The highest BCUT2D eigenvalue weighted by molar-refractivity contribution is 6.02. The lowest BCUT2D eigenvalue weighted by Crippen LogP contribution is -2.03. The van der Waals surface area contributed by atoms with E-state index in [1.54, 1.807) is 16.6 Å². The van der Waals surface area contributed by atoms with Crippen molar-refractivity contribution in [3.8, 4) is 11.3 Å². The molecule has 128 valence electrons. The van der Waals surface area contributed by atoms with Crippen molar-refractivity contribution in [2.75, 3.05) is 11.9 Å². The van der Waals surface area contributed by atoms with Crippen molar-refractivity contribution in [3.05, 3.63) is 53.5 Å². The Balaban J connectivity index is 1.97. The zero-order valence-electron chi connectivity index (χ0n) is 13.8. The van der Waals surface area contributed by atoms with Gasteiger partial charge in [-0.3, -0.25) is 0 Å². The fraction of sp³-hybridized carbons (Fsp3) is 0.263. The van der Waals surface area contributed by atoms with E-state index in [9.17, 15) is 14.3 Å². The van der Waals surface area contributed by atoms with E-state index in [0.29, 0.717) is 22.7 Å². The Morgan fingerprint density at radius 1 is 1.36 bits per heavy atom. The van der Waals surface area contributed by atoms with Gasteiger partial charge in [0.2, 0.25) is 0 Å². The standard InChI is InChI=1S/C19H18FN3O2/c1-11-3-2-8-21-15-10-23-16(9-14(11)15)17(19(24)25)18(22-23)12-4-6-13(20)7-5-12/h4-7,9-11,21H,2-3,8H2,1H3,(H,24,25). The Morgan fingerprint density at radius 2 is 2.12 bits per heavy atom. The van der Waals surface area contributed by atoms with E-state index in [1.165, 1.54) is 12.1 Å². The maximum absolute atomic E-state index is 13.2. The van der Waals surface area contributed by atoms with Gasteiger partial charge in [0, 0.05) is 12.1 Å². The zero-order chi connectivity index (χ0) is 17.6. The molecule has 5 nitrogen and oxygen atoms in total. The molecule has 1 atom stereocenters. The van der Waals surface area contributed by atoms with E-state index in [4.69, 9.17) is 0 Å². The topological polar surface area (TPSA) is 66.6 Å². The van der Waals surface area contributed by atoms with Crippen LogP contribution in [0.1, 0.15) is 41.6 Å². The molecule has 1 aromatic carbocycles. The monoisotopic (exact) mass is 339 g/mol. The molecule has 0 saturated heterocycles. The number of carbonyl (C=O) groups is 1. The molecule has 0 bridgehead atoms. The van der Waals surface area contributed by atoms with Crippen molar-refractivity contribution < 1.29 is 14.3 Å². The molecule has 0 aliphatic carbocycles. The maximum atomic E-state index is 13.2. The number of rotatable bonds is 2. The van der Waals surface area contributed by atoms with E-state index in [-0.39, 0.29) is 11.4 Å². The van der Waals surface area contributed by atoms with Gasteiger partial charge < -0.3 is 10.4 Å². The summed E-state index contributed by atoms with van der Waals surface area (Å²) < 4.78 is 14.8. The number of anilines is 1. The number of fused-ring (bicyclic) bond motifs is 2. The highest BCUT2D eigenvalue weighted by Gasteiger charge is 2.24. The van der Waals surface area contributed by atoms with Crippen LogP contribution in [-0.2, 0) is 0 Å². The summed E-state index contributed by atoms with van der Waals surface area (Å²) in [5.41, 5.74) is 3.73. The van der Waals surface area contributed by atoms with E-state index in [2.05, 4.69) is 17.3 Å². The number of carboxylic acids is 1. The summed E-state index contributed by atoms with van der Waals surface area (Å²) in [6, 6.07) is 7.64. The lowest BCUT2D eigenvalue weighted by molar-refractivity contribution is 0.0700. The van der Waals surface area contributed by atoms with Gasteiger partial charge in [0.05, 0.1) is 17.4 Å². The molecular weight excluding hydrogens is 321 g/mol. The van der Waals surface area contributed by atoms with Crippen molar-refractivity contribution in [2.45, 2.75) is 25.7 Å². The number of carboxylic acid groups (broad SMARTS) is 1. The molecule has 3 heterocycles. The van der Waals surface area contributed by atoms with Crippen LogP contribution >= 0.6 is 0 Å². The summed E-state index contributed by atoms with van der Waals surface area (Å²) in [4.78, 5) is 11.9. The Kier molecular flexibility index (Phi) is 3.67. The minimum atomic E-state index is -1.04. The summed E-state index contributed by atoms with van der Waals surface area (Å²) in [7, 11) is 0. The van der Waals surface area contributed by atoms with Gasteiger partial charge in [-0.15, -0.1) is 0 Å². The van der Waals surface area contributed by atoms with Gasteiger partial charge in [-0.1, -0.05) is 6.92 Å². The third-order valence-electron chi connectivity index (χ3n) is 4.79. The number of benzene rings is 1. The molecule has 0 amide bonds. The van der Waals surface area contributed by atoms with Gasteiger partial charge in [0.1, 0.15) is 17.1 Å². The average molecular weight is 339 g/mol. The van der Waals surface area contributed by atoms with Gasteiger partial charge in [-0.2, -0.15) is 5.10 Å². The Morgan fingerprint density at radius 3 is 2.84 bits per heavy atom. The lowest BCUT2D eigenvalue weighted by Gasteiger charge is -2.13. The van der Waals surface area contributed by atoms with E-state index < -0.39 is 5.97 Å². The van der Waals surface area contributed by atoms with Gasteiger partial charge >= 0.3 is 5.97 Å². The second-order valence-electron chi connectivity index (χ2n) is 6.48. The third-order valence-corrected chi connectivity index (χ3v) is 4.79. The number of halogens is 1. The van der Waals surface area contributed by atoms with Crippen molar-refractivity contribution in [1.82, 2.24) is 9.61 Å². The van der Waals surface area contributed by atoms with E-state index in [1.807, 2.05) is 12.3 Å². The number of aromatic carboxylic acids is 1. The summed E-state index contributed by atoms with van der Waals surface area (Å²) in [6.07, 6.45) is 3.98. The SMILES string of the molecule is CC1CCCNc2cn3nc(-c4ccc(F)cc4)c(C(=O)O)c3cc21. The molecule has 0 fully saturated rings. The number of nitrogens with zero attached hydrogens (tertiary/aromatic N) is 2. The molecule has 0 spiro atoms. The number of aromatic nitrogens is 2. The van der Waals surface area contributed by atoms with Crippen LogP contribution in [0.25, 0.3) is 16.8 Å². The molecule has 0 saturated carbocycles. The summed E-state index contributed by atoms with van der Waals surface area (Å²) in [5, 5.41) is 17.6. The first-order chi connectivity index (χ1) is 12.0. The predicted molar refractivity (Wildman–Crippen MR) is 93.7 cm³/mol. The summed E-state index contributed by atoms with van der Waals surface area (Å²) >= 11 is 0. The maximum Gasteiger partial charge on any atom is 0.340 e. The van der Waals surface area contributed by atoms with Gasteiger partial charge in [-0.05, 0) is 54.7 Å². The Bertz CT molecular complexity index is 963. The van der Waals surface area contributed by atoms with Gasteiger partial charge in [0.15, 0.2) is 0 Å². The third kappa shape index (κ3) is 2.63. The fourth-order valence-electron chi connectivity index (χ4n) is 3.47. The number of nitrogens with one attached hydrogen (secondary N) is 1. The number of pyridine rings is 1. The first kappa shape index (κ1) is 15.6. The minimum absolute atomic E-state index is 0.144. The van der Waals surface area contributed by atoms with Crippen LogP contribution < -0.4 is 5.32 Å². The van der Waals surface area contributed by atoms with Crippen LogP contribution in [0.2, 0.25) is 0 Å². The highest BCUT2D eigenvalue weighted by atomic mass is 19.1. The molecule has 0 radical (unpaired) electrons. The molecule has 2 N–H and O–H groups in total. The van der Waals surface area contributed by atoms with Gasteiger partial charge in [-0.25, -0.2) is 13.7 Å². The van der Waals surface area contributed by atoms with Crippen LogP contribution in [0.5, 0.6) is 0 Å². The van der Waals surface area contributed by atoms with Crippen molar-refractivity contribution in [2.24, 2.45) is 0 Å². The Hall–Kier alpha value is -2.89. The molecule has 1 aliphatic heterocycles. The fourth-order valence-corrected chi connectivity index (χ4v) is 3.47. The molecule has 4 rings (SSSR count). The van der Waals surface area contributed by atoms with Crippen LogP contribution in [0.4, 0.5) is 10.1 Å². The molecule has 6 heteroatoms. The molecule has 1 unspecified atom stereocenters. The van der Waals surface area contributed by atoms with E-state index >= 15 is 0 Å². The average Bonchev–Trinajstić information content (AvgIpc) is 2.87. The first-order valence-corrected chi connectivity index (χ1v) is 8.34. The quantitative estimate of drug-likeness (QED) is 0.736. The smallest absolute Gasteiger partial charge is 0.340 e. The molecular formula is C19H18FN3O2. The zero-order valence-corrected chi connectivity index (χ0v) is 13.8. The first-order valence-electron chi connectivity index (χ1n) is 8.34. The van der Waals surface area contributed by atoms with Gasteiger partial charge in [0.25, 0.3) is 0 Å². The minimum Gasteiger partial charge on any atom is -0.478 e. The highest BCUT2D eigenvalue weighted by Crippen LogP contribution is 2.35. The van der Waals surface area contributed by atoms with E-state index in [0.717, 1.165) is 30.6 Å². The van der Waals surface area contributed by atoms with Crippen LogP contribution in [0.15, 0.2) is 36.5 Å². The molecule has 1 aliphatic rings. The number of hydrogen-bond donors (Lipinski definition) is 2. The largest absolute Gasteiger partial charge is 0.478 e. The summed E-state index contributed by atoms with van der Waals surface area (Å²) in [5.74, 6) is -1.06. The second-order valence-corrected chi connectivity index (χ2v) is 6.48. The van der Waals surface area contributed by atoms with Crippen LogP contribution in [-0.4, -0.2) is 27.2 Å². The van der Waals surface area contributed by atoms with Crippen molar-refractivity contribution in [3.63, 3.8) is 0 Å². The molecule has 3 aromatic rings. The van der Waals surface area contributed by atoms with Crippen molar-refractivity contribution >= 4 is 17.2 Å². The molecule has 25 heavy (non-hydrogen) atoms.